The van der Waals surface area contributed by atoms with Crippen molar-refractivity contribution in [2.45, 2.75) is 44.4 Å². The molecule has 5 aromatic rings. The Kier molecular flexibility index (Phi) is 6.26. The Hall–Kier alpha value is -5.00. The van der Waals surface area contributed by atoms with Gasteiger partial charge in [0, 0.05) is 63.8 Å². The molecule has 3 N–H and O–H groups in total. The fraction of sp³-hybridized carbons (Fsp3) is 0.220. The van der Waals surface area contributed by atoms with Crippen molar-refractivity contribution in [3.05, 3.63) is 148 Å². The molecule has 1 atom stereocenters. The molecule has 3 aliphatic heterocycles. The highest BCUT2D eigenvalue weighted by molar-refractivity contribution is 5.87. The van der Waals surface area contributed by atoms with Gasteiger partial charge < -0.3 is 25.1 Å². The third kappa shape index (κ3) is 3.85. The summed E-state index contributed by atoms with van der Waals surface area (Å²) in [5.74, 6) is 3.61. The predicted molar refractivity (Wildman–Crippen MR) is 185 cm³/mol. The van der Waals surface area contributed by atoms with Crippen LogP contribution in [0.15, 0.2) is 114 Å². The number of aryl methyl sites for hydroxylation is 1. The minimum Gasteiger partial charge on any atom is -0.457 e. The number of para-hydroxylation sites is 2. The zero-order valence-electron chi connectivity index (χ0n) is 26.1. The van der Waals surface area contributed by atoms with Crippen molar-refractivity contribution in [2.24, 2.45) is 5.73 Å². The topological polar surface area (TPSA) is 61.4 Å². The maximum atomic E-state index is 6.86. The molecule has 0 saturated heterocycles. The number of ether oxygens (including phenoxy) is 2. The lowest BCUT2D eigenvalue weighted by atomic mass is 9.60. The van der Waals surface area contributed by atoms with Gasteiger partial charge in [-0.25, -0.2) is 0 Å². The number of allylic oxidation sites excluding steroid dienone is 4. The van der Waals surface area contributed by atoms with Crippen LogP contribution in [-0.2, 0) is 11.8 Å². The van der Waals surface area contributed by atoms with Crippen LogP contribution in [0.5, 0.6) is 17.2 Å². The van der Waals surface area contributed by atoms with Gasteiger partial charge in [0.1, 0.15) is 23.0 Å². The Morgan fingerprint density at radius 3 is 2.52 bits per heavy atom. The summed E-state index contributed by atoms with van der Waals surface area (Å²) in [7, 11) is 0. The van der Waals surface area contributed by atoms with E-state index in [1.807, 2.05) is 0 Å². The van der Waals surface area contributed by atoms with Gasteiger partial charge in [0.05, 0.1) is 10.9 Å². The van der Waals surface area contributed by atoms with Crippen molar-refractivity contribution in [2.75, 3.05) is 13.1 Å². The summed E-state index contributed by atoms with van der Waals surface area (Å²) in [6.07, 6.45) is 11.7. The minimum atomic E-state index is -0.544. The third-order valence-electron chi connectivity index (χ3n) is 10.3. The summed E-state index contributed by atoms with van der Waals surface area (Å²) in [6.45, 7) is 3.79. The van der Waals surface area contributed by atoms with Crippen LogP contribution in [-0.4, -0.2) is 17.7 Å². The number of benzene rings is 4. The minimum absolute atomic E-state index is 0.544. The van der Waals surface area contributed by atoms with E-state index < -0.39 is 5.41 Å². The fourth-order valence-corrected chi connectivity index (χ4v) is 8.31. The quantitative estimate of drug-likeness (QED) is 0.216. The van der Waals surface area contributed by atoms with E-state index in [1.54, 1.807) is 0 Å². The van der Waals surface area contributed by atoms with Gasteiger partial charge in [0.25, 0.3) is 0 Å². The molecule has 0 radical (unpaired) electrons. The second-order valence-electron chi connectivity index (χ2n) is 12.8. The number of nitrogens with zero attached hydrogens (tertiary/aromatic N) is 1. The van der Waals surface area contributed by atoms with E-state index in [1.165, 1.54) is 33.4 Å². The fourth-order valence-electron chi connectivity index (χ4n) is 8.31. The molecule has 1 aromatic heterocycles. The average Bonchev–Trinajstić information content (AvgIpc) is 3.39. The van der Waals surface area contributed by atoms with Gasteiger partial charge in [-0.15, -0.1) is 0 Å². The van der Waals surface area contributed by atoms with Crippen LogP contribution < -0.4 is 20.5 Å². The van der Waals surface area contributed by atoms with E-state index in [9.17, 15) is 0 Å². The van der Waals surface area contributed by atoms with Gasteiger partial charge in [0.15, 0.2) is 0 Å². The van der Waals surface area contributed by atoms with Crippen molar-refractivity contribution in [1.82, 2.24) is 9.88 Å². The maximum Gasteiger partial charge on any atom is 0.134 e. The first-order valence-corrected chi connectivity index (χ1v) is 16.6. The van der Waals surface area contributed by atoms with Crippen LogP contribution in [0.1, 0.15) is 59.2 Å². The highest BCUT2D eigenvalue weighted by Gasteiger charge is 2.51. The van der Waals surface area contributed by atoms with Crippen LogP contribution in [0.3, 0.4) is 0 Å². The SMILES string of the molecule is Cc1c(CCN)n(-c2ccc3c(c2)Oc2ccccc2C32C3=C(C=CCC3)Oc3cc(C4=CCCCN4)ccc32)c2ccccc12. The first-order valence-electron chi connectivity index (χ1n) is 16.6. The van der Waals surface area contributed by atoms with Crippen LogP contribution in [0, 0.1) is 6.92 Å². The van der Waals surface area contributed by atoms with Crippen LogP contribution in [0.2, 0.25) is 0 Å². The molecule has 228 valence electrons. The molecule has 4 heterocycles. The van der Waals surface area contributed by atoms with E-state index in [0.717, 1.165) is 89.6 Å². The predicted octanol–water partition coefficient (Wildman–Crippen LogP) is 8.60. The molecule has 46 heavy (non-hydrogen) atoms. The monoisotopic (exact) mass is 603 g/mol. The van der Waals surface area contributed by atoms with Crippen LogP contribution in [0.4, 0.5) is 0 Å². The van der Waals surface area contributed by atoms with E-state index in [2.05, 4.69) is 120 Å². The first-order chi connectivity index (χ1) is 22.7. The molecule has 1 unspecified atom stereocenters. The molecule has 5 heteroatoms. The lowest BCUT2D eigenvalue weighted by molar-refractivity contribution is 0.367. The number of rotatable bonds is 4. The van der Waals surface area contributed by atoms with Crippen molar-refractivity contribution >= 4 is 16.6 Å². The molecule has 5 nitrogen and oxygen atoms in total. The van der Waals surface area contributed by atoms with Crippen molar-refractivity contribution in [3.63, 3.8) is 0 Å². The number of hydrogen-bond acceptors (Lipinski definition) is 4. The average molecular weight is 604 g/mol. The second-order valence-corrected chi connectivity index (χ2v) is 12.8. The molecule has 9 rings (SSSR count). The molecule has 1 aliphatic carbocycles. The number of fused-ring (bicyclic) bond motifs is 8. The first kappa shape index (κ1) is 27.3. The maximum absolute atomic E-state index is 6.86. The molecule has 1 spiro atoms. The van der Waals surface area contributed by atoms with Gasteiger partial charge in [0.2, 0.25) is 0 Å². The Labute approximate surface area is 269 Å². The summed E-state index contributed by atoms with van der Waals surface area (Å²) < 4.78 is 16.0. The number of nitrogens with one attached hydrogen (secondary N) is 1. The van der Waals surface area contributed by atoms with Gasteiger partial charge >= 0.3 is 0 Å². The Bertz CT molecular complexity index is 2150. The van der Waals surface area contributed by atoms with Crippen molar-refractivity contribution in [1.29, 1.82) is 0 Å². The van der Waals surface area contributed by atoms with E-state index in [4.69, 9.17) is 15.2 Å². The standard InChI is InChI=1S/C41H37N3O2/c1-26-29-10-2-5-14-36(29)44(35(26)21-22-42)28-18-20-33-40(25-28)46-38-16-7-4-12-31(38)41(33)30-11-3-6-15-37(30)45-39-24-27(17-19-32(39)41)34-13-8-9-23-43-34/h2,4-7,10,12-20,24-25,43H,3,8-9,11,21-23,42H2,1H3. The van der Waals surface area contributed by atoms with Crippen molar-refractivity contribution in [3.8, 4) is 22.9 Å². The molecular weight excluding hydrogens is 566 g/mol. The van der Waals surface area contributed by atoms with E-state index in [-0.39, 0.29) is 0 Å². The normalized spacial score (nSPS) is 19.4. The van der Waals surface area contributed by atoms with E-state index >= 15 is 0 Å². The number of aromatic nitrogens is 1. The highest BCUT2D eigenvalue weighted by Crippen LogP contribution is 2.61. The lowest BCUT2D eigenvalue weighted by Crippen LogP contribution is -2.39. The molecule has 4 aromatic carbocycles. The van der Waals surface area contributed by atoms with Crippen LogP contribution in [0.25, 0.3) is 22.3 Å². The van der Waals surface area contributed by atoms with Gasteiger partial charge in [-0.2, -0.15) is 0 Å². The van der Waals surface area contributed by atoms with E-state index in [0.29, 0.717) is 6.54 Å². The number of nitrogens with two attached hydrogens (primary N) is 1. The summed E-state index contributed by atoms with van der Waals surface area (Å²) in [6, 6.07) is 30.8. The Morgan fingerprint density at radius 2 is 1.65 bits per heavy atom. The van der Waals surface area contributed by atoms with Gasteiger partial charge in [-0.1, -0.05) is 66.7 Å². The smallest absolute Gasteiger partial charge is 0.134 e. The summed E-state index contributed by atoms with van der Waals surface area (Å²) >= 11 is 0. The number of hydrogen-bond donors (Lipinski definition) is 2. The van der Waals surface area contributed by atoms with Crippen LogP contribution >= 0.6 is 0 Å². The summed E-state index contributed by atoms with van der Waals surface area (Å²) in [5.41, 5.74) is 17.5. The molecule has 0 bridgehead atoms. The molecule has 0 fully saturated rings. The summed E-state index contributed by atoms with van der Waals surface area (Å²) in [4.78, 5) is 0. The molecule has 0 amide bonds. The van der Waals surface area contributed by atoms with Gasteiger partial charge in [-0.05, 0) is 80.6 Å². The Balaban J connectivity index is 1.31. The highest BCUT2D eigenvalue weighted by atomic mass is 16.5. The molecular formula is C41H37N3O2. The third-order valence-corrected chi connectivity index (χ3v) is 10.3. The molecule has 4 aliphatic rings. The zero-order chi connectivity index (χ0) is 30.8. The zero-order valence-corrected chi connectivity index (χ0v) is 26.1. The summed E-state index contributed by atoms with van der Waals surface area (Å²) in [5, 5.41) is 4.86. The Morgan fingerprint density at radius 1 is 0.848 bits per heavy atom. The largest absolute Gasteiger partial charge is 0.457 e. The van der Waals surface area contributed by atoms with Crippen molar-refractivity contribution < 1.29 is 9.47 Å². The lowest BCUT2D eigenvalue weighted by Gasteiger charge is -2.46. The second kappa shape index (κ2) is 10.5. The van der Waals surface area contributed by atoms with Gasteiger partial charge in [-0.3, -0.25) is 0 Å². The molecule has 0 saturated carbocycles.